The number of hydrogen-bond acceptors (Lipinski definition) is 6. The highest BCUT2D eigenvalue weighted by atomic mass is 16.5. The largest absolute Gasteiger partial charge is 0.465 e. The molecule has 0 fully saturated rings. The van der Waals surface area contributed by atoms with Crippen LogP contribution in [-0.4, -0.2) is 35.0 Å². The summed E-state index contributed by atoms with van der Waals surface area (Å²) in [5, 5.41) is 5.78. The first-order chi connectivity index (χ1) is 11.0. The van der Waals surface area contributed by atoms with Crippen molar-refractivity contribution in [1.82, 2.24) is 9.97 Å². The van der Waals surface area contributed by atoms with E-state index in [1.807, 2.05) is 13.8 Å². The van der Waals surface area contributed by atoms with Gasteiger partial charge in [-0.25, -0.2) is 14.8 Å². The third kappa shape index (κ3) is 4.50. The fourth-order valence-corrected chi connectivity index (χ4v) is 1.82. The molecule has 120 valence electrons. The number of nitrogens with one attached hydrogen (secondary N) is 2. The number of amides is 1. The molecule has 0 atom stereocenters. The summed E-state index contributed by atoms with van der Waals surface area (Å²) in [7, 11) is 1.31. The average Bonchev–Trinajstić information content (AvgIpc) is 2.55. The Hall–Kier alpha value is -2.96. The first kappa shape index (κ1) is 16.4. The molecule has 0 aliphatic rings. The molecule has 0 aliphatic heterocycles. The van der Waals surface area contributed by atoms with Crippen LogP contribution in [0.15, 0.2) is 36.7 Å². The highest BCUT2D eigenvalue weighted by Gasteiger charge is 2.10. The second kappa shape index (κ2) is 7.35. The summed E-state index contributed by atoms with van der Waals surface area (Å²) < 4.78 is 4.61. The van der Waals surface area contributed by atoms with Crippen molar-refractivity contribution in [2.45, 2.75) is 19.9 Å². The zero-order chi connectivity index (χ0) is 16.8. The van der Waals surface area contributed by atoms with E-state index in [2.05, 4.69) is 25.3 Å². The number of carbonyl (C=O) groups is 2. The number of carbonyl (C=O) groups excluding carboxylic acids is 2. The van der Waals surface area contributed by atoms with E-state index in [-0.39, 0.29) is 17.6 Å². The van der Waals surface area contributed by atoms with E-state index in [4.69, 9.17) is 0 Å². The third-order valence-electron chi connectivity index (χ3n) is 2.88. The van der Waals surface area contributed by atoms with Crippen LogP contribution >= 0.6 is 0 Å². The fraction of sp³-hybridized carbons (Fsp3) is 0.250. The smallest absolute Gasteiger partial charge is 0.337 e. The standard InChI is InChI=1S/C16H18N4O3/c1-10(2)19-14-9-17-13(8-18-14)15(21)20-12-6-4-11(5-7-12)16(22)23-3/h4-10H,1-3H3,(H,18,19)(H,20,21). The van der Waals surface area contributed by atoms with Crippen molar-refractivity contribution in [2.75, 3.05) is 17.7 Å². The lowest BCUT2D eigenvalue weighted by Crippen LogP contribution is -2.16. The molecular formula is C16H18N4O3. The Morgan fingerprint density at radius 2 is 1.78 bits per heavy atom. The zero-order valence-electron chi connectivity index (χ0n) is 13.2. The molecule has 0 saturated carbocycles. The molecule has 2 rings (SSSR count). The van der Waals surface area contributed by atoms with Crippen LogP contribution in [0.2, 0.25) is 0 Å². The number of hydrogen-bond donors (Lipinski definition) is 2. The van der Waals surface area contributed by atoms with Crippen molar-refractivity contribution in [3.8, 4) is 0 Å². The minimum Gasteiger partial charge on any atom is -0.465 e. The Morgan fingerprint density at radius 3 is 2.30 bits per heavy atom. The van der Waals surface area contributed by atoms with Gasteiger partial charge in [-0.05, 0) is 38.1 Å². The van der Waals surface area contributed by atoms with Gasteiger partial charge in [0.05, 0.1) is 25.1 Å². The first-order valence-corrected chi connectivity index (χ1v) is 7.08. The molecule has 1 aromatic carbocycles. The van der Waals surface area contributed by atoms with Crippen LogP contribution in [0.4, 0.5) is 11.5 Å². The van der Waals surface area contributed by atoms with E-state index in [9.17, 15) is 9.59 Å². The number of aromatic nitrogens is 2. The summed E-state index contributed by atoms with van der Waals surface area (Å²) >= 11 is 0. The lowest BCUT2D eigenvalue weighted by molar-refractivity contribution is 0.0600. The van der Waals surface area contributed by atoms with E-state index in [0.29, 0.717) is 17.1 Å². The molecule has 0 spiro atoms. The average molecular weight is 314 g/mol. The van der Waals surface area contributed by atoms with Gasteiger partial charge in [0.1, 0.15) is 11.5 Å². The lowest BCUT2D eigenvalue weighted by Gasteiger charge is -2.09. The molecule has 2 aromatic rings. The number of ether oxygens (including phenoxy) is 1. The summed E-state index contributed by atoms with van der Waals surface area (Å²) in [6, 6.07) is 6.61. The van der Waals surface area contributed by atoms with Gasteiger partial charge in [0.2, 0.25) is 0 Å². The summed E-state index contributed by atoms with van der Waals surface area (Å²) in [5.74, 6) is -0.194. The van der Waals surface area contributed by atoms with E-state index in [1.54, 1.807) is 24.3 Å². The number of nitrogens with zero attached hydrogens (tertiary/aromatic N) is 2. The van der Waals surface area contributed by atoms with Crippen LogP contribution in [0.5, 0.6) is 0 Å². The SMILES string of the molecule is COC(=O)c1ccc(NC(=O)c2cnc(NC(C)C)cn2)cc1. The molecule has 23 heavy (non-hydrogen) atoms. The number of esters is 1. The van der Waals surface area contributed by atoms with Crippen LogP contribution < -0.4 is 10.6 Å². The van der Waals surface area contributed by atoms with E-state index >= 15 is 0 Å². The summed E-state index contributed by atoms with van der Waals surface area (Å²) in [5.41, 5.74) is 1.17. The number of methoxy groups -OCH3 is 1. The topological polar surface area (TPSA) is 93.2 Å². The van der Waals surface area contributed by atoms with E-state index in [0.717, 1.165) is 0 Å². The molecular weight excluding hydrogens is 296 g/mol. The maximum atomic E-state index is 12.1. The fourth-order valence-electron chi connectivity index (χ4n) is 1.82. The molecule has 0 aliphatic carbocycles. The Morgan fingerprint density at radius 1 is 1.09 bits per heavy atom. The van der Waals surface area contributed by atoms with Crippen LogP contribution in [0.1, 0.15) is 34.7 Å². The van der Waals surface area contributed by atoms with Gasteiger partial charge < -0.3 is 15.4 Å². The Balaban J connectivity index is 2.02. The lowest BCUT2D eigenvalue weighted by atomic mass is 10.2. The van der Waals surface area contributed by atoms with Crippen LogP contribution in [0.3, 0.4) is 0 Å². The molecule has 0 unspecified atom stereocenters. The highest BCUT2D eigenvalue weighted by molar-refractivity contribution is 6.03. The zero-order valence-corrected chi connectivity index (χ0v) is 13.2. The van der Waals surface area contributed by atoms with Crippen molar-refractivity contribution in [1.29, 1.82) is 0 Å². The van der Waals surface area contributed by atoms with Gasteiger partial charge in [-0.1, -0.05) is 0 Å². The molecule has 1 amide bonds. The summed E-state index contributed by atoms with van der Waals surface area (Å²) in [6.45, 7) is 3.97. The number of rotatable bonds is 5. The molecule has 7 nitrogen and oxygen atoms in total. The minimum atomic E-state index is -0.429. The second-order valence-electron chi connectivity index (χ2n) is 5.11. The third-order valence-corrected chi connectivity index (χ3v) is 2.88. The Labute approximate surface area is 134 Å². The van der Waals surface area contributed by atoms with E-state index in [1.165, 1.54) is 19.5 Å². The Bertz CT molecular complexity index is 681. The van der Waals surface area contributed by atoms with Gasteiger partial charge in [0, 0.05) is 11.7 Å². The quantitative estimate of drug-likeness (QED) is 0.823. The monoisotopic (exact) mass is 314 g/mol. The molecule has 1 heterocycles. The van der Waals surface area contributed by atoms with Crippen molar-refractivity contribution in [3.63, 3.8) is 0 Å². The molecule has 2 N–H and O–H groups in total. The number of anilines is 2. The predicted molar refractivity (Wildman–Crippen MR) is 86.5 cm³/mol. The Kier molecular flexibility index (Phi) is 5.24. The van der Waals surface area contributed by atoms with Gasteiger partial charge in [0.15, 0.2) is 0 Å². The second-order valence-corrected chi connectivity index (χ2v) is 5.11. The normalized spacial score (nSPS) is 10.3. The summed E-state index contributed by atoms with van der Waals surface area (Å²) in [4.78, 5) is 31.6. The van der Waals surface area contributed by atoms with Crippen LogP contribution in [0.25, 0.3) is 0 Å². The van der Waals surface area contributed by atoms with Crippen molar-refractivity contribution in [3.05, 3.63) is 47.9 Å². The van der Waals surface area contributed by atoms with E-state index < -0.39 is 5.97 Å². The molecule has 0 bridgehead atoms. The first-order valence-electron chi connectivity index (χ1n) is 7.08. The van der Waals surface area contributed by atoms with Gasteiger partial charge in [-0.3, -0.25) is 4.79 Å². The molecule has 7 heteroatoms. The van der Waals surface area contributed by atoms with Gasteiger partial charge in [-0.15, -0.1) is 0 Å². The molecule has 0 saturated heterocycles. The minimum absolute atomic E-state index is 0.205. The maximum absolute atomic E-state index is 12.1. The van der Waals surface area contributed by atoms with Crippen molar-refractivity contribution < 1.29 is 14.3 Å². The van der Waals surface area contributed by atoms with Gasteiger partial charge in [0.25, 0.3) is 5.91 Å². The predicted octanol–water partition coefficient (Wildman–Crippen LogP) is 2.34. The summed E-state index contributed by atoms with van der Waals surface area (Å²) in [6.07, 6.45) is 2.91. The van der Waals surface area contributed by atoms with Crippen molar-refractivity contribution >= 4 is 23.4 Å². The number of benzene rings is 1. The van der Waals surface area contributed by atoms with Crippen molar-refractivity contribution in [2.24, 2.45) is 0 Å². The van der Waals surface area contributed by atoms with Gasteiger partial charge in [-0.2, -0.15) is 0 Å². The van der Waals surface area contributed by atoms with Crippen LogP contribution in [0, 0.1) is 0 Å². The van der Waals surface area contributed by atoms with Gasteiger partial charge >= 0.3 is 5.97 Å². The molecule has 0 radical (unpaired) electrons. The van der Waals surface area contributed by atoms with Crippen LogP contribution in [-0.2, 0) is 4.74 Å². The highest BCUT2D eigenvalue weighted by Crippen LogP contribution is 2.12. The maximum Gasteiger partial charge on any atom is 0.337 e. The molecule has 1 aromatic heterocycles.